The molecule has 0 saturated heterocycles. The van der Waals surface area contributed by atoms with E-state index >= 15 is 0 Å². The van der Waals surface area contributed by atoms with Gasteiger partial charge in [-0.1, -0.05) is 50.6 Å². The molecule has 0 saturated carbocycles. The number of aryl methyl sites for hydroxylation is 1. The first-order valence-corrected chi connectivity index (χ1v) is 9.35. The fourth-order valence-electron chi connectivity index (χ4n) is 3.59. The highest BCUT2D eigenvalue weighted by atomic mass is 35.5. The van der Waals surface area contributed by atoms with E-state index in [1.54, 1.807) is 12.3 Å². The first-order valence-electron chi connectivity index (χ1n) is 8.97. The van der Waals surface area contributed by atoms with Crippen LogP contribution in [-0.2, 0) is 12.8 Å². The Morgan fingerprint density at radius 2 is 2.19 bits per heavy atom. The normalized spacial score (nSPS) is 17.3. The van der Waals surface area contributed by atoms with Crippen LogP contribution in [0.4, 0.5) is 0 Å². The van der Waals surface area contributed by atoms with E-state index in [1.165, 1.54) is 0 Å². The number of nitrogens with one attached hydrogen (secondary N) is 2. The Balaban J connectivity index is 1.68. The number of aromatic nitrogens is 2. The number of H-pyrrole nitrogens is 1. The molecule has 0 unspecified atom stereocenters. The molecule has 1 aliphatic carbocycles. The number of fused-ring (bicyclic) bond motifs is 1. The second-order valence-corrected chi connectivity index (χ2v) is 8.53. The van der Waals surface area contributed by atoms with Crippen molar-refractivity contribution in [2.45, 2.75) is 46.5 Å². The number of aromatic amines is 1. The first kappa shape index (κ1) is 18.6. The zero-order valence-electron chi connectivity index (χ0n) is 15.5. The highest BCUT2D eigenvalue weighted by molar-refractivity contribution is 6.33. The highest BCUT2D eigenvalue weighted by Gasteiger charge is 2.28. The molecule has 6 heteroatoms. The molecular formula is C20H25ClN4O. The fraction of sp³-hybridized carbons (Fsp3) is 0.450. The molecule has 138 valence electrons. The van der Waals surface area contributed by atoms with Crippen LogP contribution in [0.25, 0.3) is 0 Å². The quantitative estimate of drug-likeness (QED) is 0.618. The average molecular weight is 373 g/mol. The summed E-state index contributed by atoms with van der Waals surface area (Å²) >= 11 is 6.08. The van der Waals surface area contributed by atoms with Crippen molar-refractivity contribution in [3.05, 3.63) is 51.8 Å². The lowest BCUT2D eigenvalue weighted by Gasteiger charge is -2.28. The van der Waals surface area contributed by atoms with E-state index in [9.17, 15) is 4.79 Å². The van der Waals surface area contributed by atoms with Crippen LogP contribution in [0.15, 0.2) is 29.4 Å². The Morgan fingerprint density at radius 3 is 2.92 bits per heavy atom. The number of amides is 1. The van der Waals surface area contributed by atoms with Crippen LogP contribution >= 0.6 is 11.6 Å². The van der Waals surface area contributed by atoms with E-state index < -0.39 is 0 Å². The highest BCUT2D eigenvalue weighted by Crippen LogP contribution is 2.34. The predicted molar refractivity (Wildman–Crippen MR) is 105 cm³/mol. The molecule has 2 N–H and O–H groups in total. The van der Waals surface area contributed by atoms with Crippen molar-refractivity contribution in [3.63, 3.8) is 0 Å². The largest absolute Gasteiger partial charge is 0.292 e. The summed E-state index contributed by atoms with van der Waals surface area (Å²) in [6, 6.07) is 7.34. The summed E-state index contributed by atoms with van der Waals surface area (Å²) in [6.45, 7) is 6.78. The van der Waals surface area contributed by atoms with Gasteiger partial charge in [0.05, 0.1) is 6.21 Å². The van der Waals surface area contributed by atoms with Crippen LogP contribution in [0.1, 0.15) is 60.9 Å². The monoisotopic (exact) mass is 372 g/mol. The summed E-state index contributed by atoms with van der Waals surface area (Å²) in [5.41, 5.74) is 6.17. The van der Waals surface area contributed by atoms with Crippen molar-refractivity contribution < 1.29 is 4.79 Å². The van der Waals surface area contributed by atoms with Crippen LogP contribution in [0.3, 0.4) is 0 Å². The van der Waals surface area contributed by atoms with Crippen molar-refractivity contribution in [3.8, 4) is 0 Å². The molecule has 1 amide bonds. The van der Waals surface area contributed by atoms with Gasteiger partial charge in [-0.15, -0.1) is 0 Å². The van der Waals surface area contributed by atoms with E-state index in [0.717, 1.165) is 42.5 Å². The Hall–Kier alpha value is -2.14. The molecule has 26 heavy (non-hydrogen) atoms. The SMILES string of the molecule is CC(C)(C)C[C@@H]1CCc2[nH]nc(C(=O)N/N=C\c3ccccc3Cl)c2C1. The summed E-state index contributed by atoms with van der Waals surface area (Å²) in [5, 5.41) is 11.9. The van der Waals surface area contributed by atoms with Gasteiger partial charge in [0.15, 0.2) is 5.69 Å². The van der Waals surface area contributed by atoms with Crippen LogP contribution in [0, 0.1) is 11.3 Å². The first-order chi connectivity index (χ1) is 12.3. The van der Waals surface area contributed by atoms with E-state index in [1.807, 2.05) is 18.2 Å². The summed E-state index contributed by atoms with van der Waals surface area (Å²) in [6.07, 6.45) is 5.66. The number of carbonyl (C=O) groups excluding carboxylic acids is 1. The molecule has 0 fully saturated rings. The fourth-order valence-corrected chi connectivity index (χ4v) is 3.77. The maximum absolute atomic E-state index is 12.5. The van der Waals surface area contributed by atoms with E-state index in [0.29, 0.717) is 16.6 Å². The molecule has 0 aliphatic heterocycles. The molecule has 1 aromatic carbocycles. The van der Waals surface area contributed by atoms with Crippen molar-refractivity contribution in [1.29, 1.82) is 0 Å². The summed E-state index contributed by atoms with van der Waals surface area (Å²) in [5.74, 6) is 0.292. The minimum absolute atomic E-state index is 0.285. The lowest BCUT2D eigenvalue weighted by atomic mass is 9.76. The van der Waals surface area contributed by atoms with Gasteiger partial charge < -0.3 is 0 Å². The molecule has 2 aromatic rings. The summed E-state index contributed by atoms with van der Waals surface area (Å²) in [7, 11) is 0. The maximum atomic E-state index is 12.5. The Bertz CT molecular complexity index is 819. The van der Waals surface area contributed by atoms with Crippen LogP contribution in [0.2, 0.25) is 5.02 Å². The summed E-state index contributed by atoms with van der Waals surface area (Å²) < 4.78 is 0. The molecule has 1 atom stereocenters. The molecule has 1 heterocycles. The smallest absolute Gasteiger partial charge is 0.281 e. The lowest BCUT2D eigenvalue weighted by molar-refractivity contribution is 0.0948. The molecule has 1 aliphatic rings. The third kappa shape index (κ3) is 4.52. The third-order valence-electron chi connectivity index (χ3n) is 4.64. The van der Waals surface area contributed by atoms with E-state index in [2.05, 4.69) is 41.5 Å². The van der Waals surface area contributed by atoms with Gasteiger partial charge in [-0.3, -0.25) is 9.89 Å². The number of hydrogen-bond acceptors (Lipinski definition) is 3. The van der Waals surface area contributed by atoms with Crippen LogP contribution < -0.4 is 5.43 Å². The molecule has 3 rings (SSSR count). The number of halogens is 1. The third-order valence-corrected chi connectivity index (χ3v) is 4.98. The van der Waals surface area contributed by atoms with Gasteiger partial charge in [-0.2, -0.15) is 10.2 Å². The Kier molecular flexibility index (Phi) is 5.47. The summed E-state index contributed by atoms with van der Waals surface area (Å²) in [4.78, 5) is 12.5. The Labute approximate surface area is 159 Å². The minimum Gasteiger partial charge on any atom is -0.281 e. The van der Waals surface area contributed by atoms with Crippen molar-refractivity contribution in [2.24, 2.45) is 16.4 Å². The molecular weight excluding hydrogens is 348 g/mol. The second kappa shape index (κ2) is 7.62. The number of rotatable bonds is 4. The van der Waals surface area contributed by atoms with E-state index in [-0.39, 0.29) is 11.3 Å². The topological polar surface area (TPSA) is 70.1 Å². The minimum atomic E-state index is -0.290. The predicted octanol–water partition coefficient (Wildman–Crippen LogP) is 4.37. The molecule has 0 bridgehead atoms. The van der Waals surface area contributed by atoms with Gasteiger partial charge in [0.1, 0.15) is 0 Å². The lowest BCUT2D eigenvalue weighted by Crippen LogP contribution is -2.24. The van der Waals surface area contributed by atoms with Gasteiger partial charge in [-0.05, 0) is 43.1 Å². The van der Waals surface area contributed by atoms with Gasteiger partial charge >= 0.3 is 0 Å². The Morgan fingerprint density at radius 1 is 1.42 bits per heavy atom. The van der Waals surface area contributed by atoms with Crippen molar-refractivity contribution in [1.82, 2.24) is 15.6 Å². The van der Waals surface area contributed by atoms with Gasteiger partial charge in [0.2, 0.25) is 0 Å². The molecule has 1 aromatic heterocycles. The average Bonchev–Trinajstić information content (AvgIpc) is 2.98. The van der Waals surface area contributed by atoms with Gasteiger partial charge in [0.25, 0.3) is 5.91 Å². The van der Waals surface area contributed by atoms with Gasteiger partial charge in [0, 0.05) is 21.8 Å². The zero-order valence-corrected chi connectivity index (χ0v) is 16.2. The number of nitrogens with zero attached hydrogens (tertiary/aromatic N) is 2. The van der Waals surface area contributed by atoms with Crippen molar-refractivity contribution >= 4 is 23.7 Å². The number of hydrogen-bond donors (Lipinski definition) is 2. The number of carbonyl (C=O) groups is 1. The van der Waals surface area contributed by atoms with E-state index in [4.69, 9.17) is 11.6 Å². The van der Waals surface area contributed by atoms with Crippen molar-refractivity contribution in [2.75, 3.05) is 0 Å². The van der Waals surface area contributed by atoms with Crippen LogP contribution in [-0.4, -0.2) is 22.3 Å². The molecule has 5 nitrogen and oxygen atoms in total. The molecule has 0 radical (unpaired) electrons. The zero-order chi connectivity index (χ0) is 18.7. The number of benzene rings is 1. The number of hydrazone groups is 1. The van der Waals surface area contributed by atoms with Crippen LogP contribution in [0.5, 0.6) is 0 Å². The van der Waals surface area contributed by atoms with Gasteiger partial charge in [-0.25, -0.2) is 5.43 Å². The second-order valence-electron chi connectivity index (χ2n) is 8.12. The molecule has 0 spiro atoms. The maximum Gasteiger partial charge on any atom is 0.292 e. The standard InChI is InChI=1S/C20H25ClN4O/c1-20(2,3)11-13-8-9-17-15(10-13)18(24-23-17)19(26)25-22-12-14-6-4-5-7-16(14)21/h4-7,12-13H,8-11H2,1-3H3,(H,23,24)(H,25,26)/b22-12-/t13-/m1/s1.